The van der Waals surface area contributed by atoms with E-state index in [1.807, 2.05) is 6.07 Å². The van der Waals surface area contributed by atoms with Crippen molar-refractivity contribution in [2.45, 2.75) is 37.8 Å². The lowest BCUT2D eigenvalue weighted by Gasteiger charge is -2.04. The van der Waals surface area contributed by atoms with Crippen LogP contribution in [0.2, 0.25) is 0 Å². The second-order valence-corrected chi connectivity index (χ2v) is 6.43. The Morgan fingerprint density at radius 2 is 1.56 bits per heavy atom. The van der Waals surface area contributed by atoms with Crippen molar-refractivity contribution in [2.75, 3.05) is 0 Å². The summed E-state index contributed by atoms with van der Waals surface area (Å²) in [6, 6.07) is 10.1. The van der Waals surface area contributed by atoms with E-state index in [2.05, 4.69) is 17.2 Å². The van der Waals surface area contributed by atoms with Crippen molar-refractivity contribution in [3.63, 3.8) is 0 Å². The van der Waals surface area contributed by atoms with Crippen LogP contribution in [0.5, 0.6) is 0 Å². The summed E-state index contributed by atoms with van der Waals surface area (Å²) >= 11 is 4.66. The number of hydrogen-bond donors (Lipinski definition) is 1. The number of hydrogen-bond acceptors (Lipinski definition) is 3. The summed E-state index contributed by atoms with van der Waals surface area (Å²) in [4.78, 5) is 4.27. The summed E-state index contributed by atoms with van der Waals surface area (Å²) in [5, 5.41) is 10.8. The monoisotopic (exact) mass is 359 g/mol. The Balaban J connectivity index is 0.000000150. The van der Waals surface area contributed by atoms with Crippen LogP contribution in [0, 0.1) is 11.6 Å². The van der Waals surface area contributed by atoms with Crippen molar-refractivity contribution < 1.29 is 13.9 Å². The molecule has 0 aliphatic heterocycles. The third kappa shape index (κ3) is 3.83. The van der Waals surface area contributed by atoms with Crippen LogP contribution in [0.1, 0.15) is 47.2 Å². The van der Waals surface area contributed by atoms with E-state index in [4.69, 9.17) is 0 Å². The highest BCUT2D eigenvalue weighted by Gasteiger charge is 2.23. The Bertz CT molecular complexity index is 806. The average molecular weight is 359 g/mol. The molecule has 2 aromatic carbocycles. The minimum absolute atomic E-state index is 0.0971. The molecule has 130 valence electrons. The van der Waals surface area contributed by atoms with Gasteiger partial charge >= 0.3 is 0 Å². The number of aliphatic imine (C=N–C) groups is 1. The van der Waals surface area contributed by atoms with Gasteiger partial charge in [0.2, 0.25) is 0 Å². The predicted octanol–water partition coefficient (Wildman–Crippen LogP) is 4.69. The van der Waals surface area contributed by atoms with Crippen molar-refractivity contribution in [1.29, 1.82) is 0 Å². The zero-order valence-electron chi connectivity index (χ0n) is 13.7. The Kier molecular flexibility index (Phi) is 5.66. The lowest BCUT2D eigenvalue weighted by Crippen LogP contribution is -1.91. The largest absolute Gasteiger partial charge is 0.388 e. The SMILES string of the molecule is Fc1cccc2c1CCC2N=CC=S.OC1CCc2c(F)cccc21. The highest BCUT2D eigenvalue weighted by Crippen LogP contribution is 2.35. The molecule has 2 unspecified atom stereocenters. The molecule has 2 nitrogen and oxygen atoms in total. The van der Waals surface area contributed by atoms with Crippen LogP contribution in [0.25, 0.3) is 0 Å². The van der Waals surface area contributed by atoms with Crippen LogP contribution in [0.4, 0.5) is 8.78 Å². The van der Waals surface area contributed by atoms with Crippen LogP contribution in [0.3, 0.4) is 0 Å². The molecular weight excluding hydrogens is 340 g/mol. The molecule has 4 rings (SSSR count). The number of benzene rings is 2. The van der Waals surface area contributed by atoms with E-state index in [0.717, 1.165) is 29.5 Å². The molecule has 0 radical (unpaired) electrons. The van der Waals surface area contributed by atoms with E-state index < -0.39 is 6.10 Å². The summed E-state index contributed by atoms with van der Waals surface area (Å²) < 4.78 is 26.3. The molecular formula is C20H19F2NOS. The second-order valence-electron chi connectivity index (χ2n) is 6.16. The minimum Gasteiger partial charge on any atom is -0.388 e. The molecule has 0 fully saturated rings. The van der Waals surface area contributed by atoms with E-state index in [1.165, 1.54) is 17.5 Å². The fourth-order valence-electron chi connectivity index (χ4n) is 3.47. The van der Waals surface area contributed by atoms with Gasteiger partial charge in [0.05, 0.1) is 12.1 Å². The summed E-state index contributed by atoms with van der Waals surface area (Å²) in [5.74, 6) is -0.290. The maximum absolute atomic E-state index is 13.3. The quantitative estimate of drug-likeness (QED) is 0.623. The maximum atomic E-state index is 13.3. The molecule has 1 N–H and O–H groups in total. The summed E-state index contributed by atoms with van der Waals surface area (Å²) in [7, 11) is 0. The number of aliphatic hydroxyl groups excluding tert-OH is 1. The summed E-state index contributed by atoms with van der Waals surface area (Å²) in [5.41, 5.74) is 3.29. The Morgan fingerprint density at radius 3 is 2.20 bits per heavy atom. The first-order valence-corrected chi connectivity index (χ1v) is 8.78. The fraction of sp³-hybridized carbons (Fsp3) is 0.300. The summed E-state index contributed by atoms with van der Waals surface area (Å²) in [6.45, 7) is 0. The summed E-state index contributed by atoms with van der Waals surface area (Å²) in [6.07, 6.45) is 4.16. The van der Waals surface area contributed by atoms with Gasteiger partial charge in [0.15, 0.2) is 0 Å². The van der Waals surface area contributed by atoms with Crippen molar-refractivity contribution >= 4 is 23.8 Å². The lowest BCUT2D eigenvalue weighted by molar-refractivity contribution is 0.180. The molecule has 0 saturated carbocycles. The highest BCUT2D eigenvalue weighted by molar-refractivity contribution is 7.80. The molecule has 0 spiro atoms. The smallest absolute Gasteiger partial charge is 0.126 e. The van der Waals surface area contributed by atoms with Crippen LogP contribution in [-0.4, -0.2) is 16.7 Å². The van der Waals surface area contributed by atoms with Gasteiger partial charge in [-0.2, -0.15) is 0 Å². The second kappa shape index (κ2) is 7.93. The predicted molar refractivity (Wildman–Crippen MR) is 99.3 cm³/mol. The molecule has 25 heavy (non-hydrogen) atoms. The highest BCUT2D eigenvalue weighted by atomic mass is 32.1. The average Bonchev–Trinajstić information content (AvgIpc) is 3.20. The molecule has 0 aromatic heterocycles. The molecule has 0 amide bonds. The van der Waals surface area contributed by atoms with Crippen molar-refractivity contribution in [3.8, 4) is 0 Å². The number of rotatable bonds is 2. The number of aliphatic hydroxyl groups is 1. The van der Waals surface area contributed by atoms with Crippen LogP contribution in [0.15, 0.2) is 41.4 Å². The first-order chi connectivity index (χ1) is 12.1. The molecule has 0 heterocycles. The normalized spacial score (nSPS) is 20.8. The van der Waals surface area contributed by atoms with E-state index in [-0.39, 0.29) is 17.7 Å². The van der Waals surface area contributed by atoms with Gasteiger partial charge in [0.25, 0.3) is 0 Å². The van der Waals surface area contributed by atoms with Gasteiger partial charge in [-0.3, -0.25) is 4.99 Å². The zero-order valence-corrected chi connectivity index (χ0v) is 14.5. The zero-order chi connectivity index (χ0) is 17.8. The minimum atomic E-state index is -0.444. The van der Waals surface area contributed by atoms with E-state index in [1.54, 1.807) is 24.4 Å². The number of thiocarbonyl (C=S) groups is 1. The first kappa shape index (κ1) is 17.8. The maximum Gasteiger partial charge on any atom is 0.126 e. The number of fused-ring (bicyclic) bond motifs is 2. The third-order valence-corrected chi connectivity index (χ3v) is 4.81. The van der Waals surface area contributed by atoms with Crippen molar-refractivity contribution in [3.05, 3.63) is 70.3 Å². The van der Waals surface area contributed by atoms with Crippen molar-refractivity contribution in [2.24, 2.45) is 4.99 Å². The fourth-order valence-corrected chi connectivity index (χ4v) is 3.54. The molecule has 2 atom stereocenters. The van der Waals surface area contributed by atoms with Crippen LogP contribution < -0.4 is 0 Å². The standard InChI is InChI=1S/C11H10FNS.C9H9FO/c12-10-3-1-2-9-8(10)4-5-11(9)13-6-7-14;10-8-3-1-2-7-6(8)4-5-9(7)11/h1-3,6-7,11H,4-5H2;1-3,9,11H,4-5H2. The molecule has 0 bridgehead atoms. The molecule has 5 heteroatoms. The Labute approximate surface area is 151 Å². The number of nitrogens with zero attached hydrogens (tertiary/aromatic N) is 1. The molecule has 2 aliphatic rings. The van der Waals surface area contributed by atoms with Crippen molar-refractivity contribution in [1.82, 2.24) is 0 Å². The Morgan fingerprint density at radius 1 is 0.960 bits per heavy atom. The van der Waals surface area contributed by atoms with Gasteiger partial charge in [-0.15, -0.1) is 0 Å². The molecule has 0 saturated heterocycles. The van der Waals surface area contributed by atoms with Gasteiger partial charge < -0.3 is 5.11 Å². The third-order valence-electron chi connectivity index (χ3n) is 4.69. The first-order valence-electron chi connectivity index (χ1n) is 8.31. The molecule has 2 aliphatic carbocycles. The van der Waals surface area contributed by atoms with Gasteiger partial charge in [-0.05, 0) is 60.1 Å². The lowest BCUT2D eigenvalue weighted by atomic mass is 10.1. The van der Waals surface area contributed by atoms with E-state index in [0.29, 0.717) is 18.4 Å². The van der Waals surface area contributed by atoms with Crippen LogP contribution >= 0.6 is 12.2 Å². The number of halogens is 2. The van der Waals surface area contributed by atoms with Gasteiger partial charge in [-0.25, -0.2) is 8.78 Å². The topological polar surface area (TPSA) is 32.6 Å². The van der Waals surface area contributed by atoms with Gasteiger partial charge in [0.1, 0.15) is 11.6 Å². The molecule has 2 aromatic rings. The van der Waals surface area contributed by atoms with Gasteiger partial charge in [0, 0.05) is 11.6 Å². The van der Waals surface area contributed by atoms with Gasteiger partial charge in [-0.1, -0.05) is 36.5 Å². The Hall–Kier alpha value is -1.98. The van der Waals surface area contributed by atoms with Crippen LogP contribution in [-0.2, 0) is 12.8 Å². The van der Waals surface area contributed by atoms with E-state index in [9.17, 15) is 13.9 Å². The van der Waals surface area contributed by atoms with E-state index >= 15 is 0 Å².